The number of para-hydroxylation sites is 1. The van der Waals surface area contributed by atoms with Crippen molar-refractivity contribution in [2.45, 2.75) is 58.4 Å². The van der Waals surface area contributed by atoms with Gasteiger partial charge in [0.2, 0.25) is 5.91 Å². The minimum absolute atomic E-state index is 0.0137. The maximum absolute atomic E-state index is 13.1. The van der Waals surface area contributed by atoms with Crippen molar-refractivity contribution >= 4 is 11.6 Å². The second-order valence-electron chi connectivity index (χ2n) is 8.61. The summed E-state index contributed by atoms with van der Waals surface area (Å²) in [7, 11) is 0. The van der Waals surface area contributed by atoms with E-state index in [0.29, 0.717) is 5.92 Å². The Hall–Kier alpha value is -2.49. The lowest BCUT2D eigenvalue weighted by Gasteiger charge is -2.33. The lowest BCUT2D eigenvalue weighted by atomic mass is 9.93. The molecule has 3 rings (SSSR count). The number of anilines is 1. The molecule has 0 aliphatic carbocycles. The zero-order chi connectivity index (χ0) is 20.8. The Morgan fingerprint density at radius 2 is 1.66 bits per heavy atom. The molecule has 0 bridgehead atoms. The first kappa shape index (κ1) is 21.2. The highest BCUT2D eigenvalue weighted by molar-refractivity contribution is 5.84. The van der Waals surface area contributed by atoms with Crippen molar-refractivity contribution in [3.8, 4) is 5.75 Å². The van der Waals surface area contributed by atoms with Crippen molar-refractivity contribution in [2.75, 3.05) is 18.0 Å². The van der Waals surface area contributed by atoms with Crippen molar-refractivity contribution in [3.05, 3.63) is 59.7 Å². The minimum Gasteiger partial charge on any atom is -0.508 e. The molecule has 2 aromatic carbocycles. The lowest BCUT2D eigenvalue weighted by molar-refractivity contribution is -0.123. The zero-order valence-electron chi connectivity index (χ0n) is 17.9. The summed E-state index contributed by atoms with van der Waals surface area (Å²) in [5.41, 5.74) is 3.39. The van der Waals surface area contributed by atoms with Crippen LogP contribution in [0.3, 0.4) is 0 Å². The van der Waals surface area contributed by atoms with Gasteiger partial charge in [-0.2, -0.15) is 0 Å². The van der Waals surface area contributed by atoms with E-state index in [9.17, 15) is 9.90 Å². The molecule has 4 heteroatoms. The van der Waals surface area contributed by atoms with Gasteiger partial charge in [-0.1, -0.05) is 44.2 Å². The quantitative estimate of drug-likeness (QED) is 0.662. The van der Waals surface area contributed by atoms with Gasteiger partial charge in [-0.05, 0) is 67.9 Å². The molecule has 0 radical (unpaired) electrons. The summed E-state index contributed by atoms with van der Waals surface area (Å²) in [6.45, 7) is 8.50. The Bertz CT molecular complexity index is 795. The van der Waals surface area contributed by atoms with Gasteiger partial charge in [0.25, 0.3) is 0 Å². The van der Waals surface area contributed by atoms with Gasteiger partial charge in [-0.15, -0.1) is 0 Å². The topological polar surface area (TPSA) is 52.6 Å². The number of rotatable bonds is 7. The van der Waals surface area contributed by atoms with Gasteiger partial charge in [0.15, 0.2) is 0 Å². The van der Waals surface area contributed by atoms with Gasteiger partial charge in [-0.3, -0.25) is 4.79 Å². The molecule has 1 saturated heterocycles. The number of benzene rings is 2. The molecule has 0 spiro atoms. The van der Waals surface area contributed by atoms with E-state index in [-0.39, 0.29) is 23.6 Å². The van der Waals surface area contributed by atoms with Crippen LogP contribution in [0.15, 0.2) is 48.5 Å². The van der Waals surface area contributed by atoms with E-state index < -0.39 is 0 Å². The third-order valence-corrected chi connectivity index (χ3v) is 5.82. The van der Waals surface area contributed by atoms with Gasteiger partial charge in [-0.25, -0.2) is 0 Å². The standard InChI is InChI=1S/C25H34N2O2/c1-18(2)17-23(26-25(29)19(3)20-11-13-21(28)14-12-20)22-9-5-6-10-24(22)27-15-7-4-8-16-27/h5-6,9-14,18-19,23,28H,4,7-8,15-17H2,1-3H3,(H,26,29). The molecule has 4 nitrogen and oxygen atoms in total. The first-order valence-electron chi connectivity index (χ1n) is 10.9. The number of piperidine rings is 1. The Labute approximate surface area is 174 Å². The van der Waals surface area contributed by atoms with Gasteiger partial charge < -0.3 is 15.3 Å². The number of nitrogens with zero attached hydrogens (tertiary/aromatic N) is 1. The summed E-state index contributed by atoms with van der Waals surface area (Å²) in [5, 5.41) is 12.8. The highest BCUT2D eigenvalue weighted by atomic mass is 16.3. The molecule has 1 aliphatic rings. The summed E-state index contributed by atoms with van der Waals surface area (Å²) in [5.74, 6) is 0.440. The van der Waals surface area contributed by atoms with Crippen LogP contribution in [-0.4, -0.2) is 24.1 Å². The summed E-state index contributed by atoms with van der Waals surface area (Å²) in [4.78, 5) is 15.6. The monoisotopic (exact) mass is 394 g/mol. The number of hydrogen-bond donors (Lipinski definition) is 2. The molecule has 29 heavy (non-hydrogen) atoms. The van der Waals surface area contributed by atoms with Crippen LogP contribution < -0.4 is 10.2 Å². The normalized spacial score (nSPS) is 16.5. The molecule has 1 amide bonds. The number of phenolic OH excluding ortho intramolecular Hbond substituents is 1. The van der Waals surface area contributed by atoms with Crippen LogP contribution in [0.25, 0.3) is 0 Å². The van der Waals surface area contributed by atoms with Crippen LogP contribution in [-0.2, 0) is 4.79 Å². The van der Waals surface area contributed by atoms with Crippen molar-refractivity contribution in [1.29, 1.82) is 0 Å². The first-order valence-corrected chi connectivity index (χ1v) is 10.9. The molecule has 1 aliphatic heterocycles. The van der Waals surface area contributed by atoms with Crippen molar-refractivity contribution in [1.82, 2.24) is 5.32 Å². The molecule has 2 atom stereocenters. The number of carbonyl (C=O) groups is 1. The maximum Gasteiger partial charge on any atom is 0.227 e. The Kier molecular flexibility index (Phi) is 7.18. The van der Waals surface area contributed by atoms with Crippen LogP contribution in [0.1, 0.15) is 69.5 Å². The summed E-state index contributed by atoms with van der Waals surface area (Å²) in [6.07, 6.45) is 4.66. The highest BCUT2D eigenvalue weighted by Crippen LogP contribution is 2.32. The molecule has 2 unspecified atom stereocenters. The summed E-state index contributed by atoms with van der Waals surface area (Å²) < 4.78 is 0. The number of carbonyl (C=O) groups excluding carboxylic acids is 1. The molecule has 2 N–H and O–H groups in total. The van der Waals surface area contributed by atoms with Crippen LogP contribution in [0.5, 0.6) is 5.75 Å². The average molecular weight is 395 g/mol. The van der Waals surface area contributed by atoms with Crippen LogP contribution in [0.2, 0.25) is 0 Å². The summed E-state index contributed by atoms with van der Waals surface area (Å²) >= 11 is 0. The Balaban J connectivity index is 1.83. The fraction of sp³-hybridized carbons (Fsp3) is 0.480. The van der Waals surface area contributed by atoms with Gasteiger partial charge >= 0.3 is 0 Å². The van der Waals surface area contributed by atoms with Gasteiger partial charge in [0.05, 0.1) is 12.0 Å². The number of phenols is 1. The highest BCUT2D eigenvalue weighted by Gasteiger charge is 2.25. The lowest BCUT2D eigenvalue weighted by Crippen LogP contribution is -2.35. The molecular weight excluding hydrogens is 360 g/mol. The number of nitrogens with one attached hydrogen (secondary N) is 1. The first-order chi connectivity index (χ1) is 14.0. The molecule has 1 fully saturated rings. The van der Waals surface area contributed by atoms with E-state index in [0.717, 1.165) is 25.1 Å². The summed E-state index contributed by atoms with van der Waals surface area (Å²) in [6, 6.07) is 15.4. The molecule has 156 valence electrons. The van der Waals surface area contributed by atoms with Crippen molar-refractivity contribution in [2.24, 2.45) is 5.92 Å². The van der Waals surface area contributed by atoms with Crippen molar-refractivity contribution in [3.63, 3.8) is 0 Å². The van der Waals surface area contributed by atoms with E-state index in [1.807, 2.05) is 19.1 Å². The smallest absolute Gasteiger partial charge is 0.227 e. The Morgan fingerprint density at radius 1 is 1.00 bits per heavy atom. The number of hydrogen-bond acceptors (Lipinski definition) is 3. The van der Waals surface area contributed by atoms with Crippen LogP contribution >= 0.6 is 0 Å². The van der Waals surface area contributed by atoms with E-state index in [2.05, 4.69) is 48.3 Å². The zero-order valence-corrected chi connectivity index (χ0v) is 17.9. The largest absolute Gasteiger partial charge is 0.508 e. The van der Waals surface area contributed by atoms with Crippen LogP contribution in [0.4, 0.5) is 5.69 Å². The van der Waals surface area contributed by atoms with Crippen LogP contribution in [0, 0.1) is 5.92 Å². The van der Waals surface area contributed by atoms with E-state index in [1.165, 1.54) is 30.5 Å². The van der Waals surface area contributed by atoms with E-state index >= 15 is 0 Å². The maximum atomic E-state index is 13.1. The number of aromatic hydroxyl groups is 1. The average Bonchev–Trinajstić information content (AvgIpc) is 2.73. The molecule has 0 aromatic heterocycles. The van der Waals surface area contributed by atoms with Gasteiger partial charge in [0, 0.05) is 18.8 Å². The van der Waals surface area contributed by atoms with Gasteiger partial charge in [0.1, 0.15) is 5.75 Å². The third kappa shape index (κ3) is 5.53. The third-order valence-electron chi connectivity index (χ3n) is 5.82. The molecular formula is C25H34N2O2. The second kappa shape index (κ2) is 9.82. The predicted octanol–water partition coefficient (Wildman–Crippen LogP) is 5.39. The molecule has 0 saturated carbocycles. The second-order valence-corrected chi connectivity index (χ2v) is 8.61. The van der Waals surface area contributed by atoms with E-state index in [1.54, 1.807) is 12.1 Å². The SMILES string of the molecule is CC(C)CC(NC(=O)C(C)c1ccc(O)cc1)c1ccccc1N1CCCCC1. The van der Waals surface area contributed by atoms with Crippen molar-refractivity contribution < 1.29 is 9.90 Å². The van der Waals surface area contributed by atoms with E-state index in [4.69, 9.17) is 0 Å². The fourth-order valence-corrected chi connectivity index (χ4v) is 4.15. The molecule has 2 aromatic rings. The Morgan fingerprint density at radius 3 is 2.31 bits per heavy atom. The fourth-order valence-electron chi connectivity index (χ4n) is 4.15. The minimum atomic E-state index is -0.271. The molecule has 1 heterocycles. The number of amides is 1. The predicted molar refractivity (Wildman–Crippen MR) is 119 cm³/mol.